The van der Waals surface area contributed by atoms with Crippen LogP contribution in [0.1, 0.15) is 69.9 Å². The number of rotatable bonds is 10. The third-order valence-corrected chi connectivity index (χ3v) is 6.53. The molecule has 208 valence electrons. The lowest BCUT2D eigenvalue weighted by Crippen LogP contribution is -2.36. The van der Waals surface area contributed by atoms with Gasteiger partial charge < -0.3 is 24.8 Å². The number of halogens is 1. The Balaban J connectivity index is 0.00000507. The molecule has 0 spiro atoms. The summed E-state index contributed by atoms with van der Waals surface area (Å²) in [6.45, 7) is 6.01. The standard InChI is InChI=1S/C29H38N2O6.ClH/c1-5-35-28(33)25-19(3)31-23(18-30-4)27(29(34)36-6-2)26(25)22-15-11-10-12-20(22)16-17-24(32)37-21-13-8-7-9-14-21;/h10-12,15-17,21,26,30-31H,5-9,13-14,18H2,1-4H3;1H. The zero-order chi connectivity index (χ0) is 26.8. The Kier molecular flexibility index (Phi) is 12.6. The fourth-order valence-electron chi connectivity index (χ4n) is 4.92. The third-order valence-electron chi connectivity index (χ3n) is 6.53. The lowest BCUT2D eigenvalue weighted by molar-refractivity contribution is -0.144. The number of nitrogens with one attached hydrogen (secondary N) is 2. The number of ether oxygens (including phenoxy) is 3. The van der Waals surface area contributed by atoms with Gasteiger partial charge in [0.1, 0.15) is 6.10 Å². The lowest BCUT2D eigenvalue weighted by atomic mass is 9.78. The summed E-state index contributed by atoms with van der Waals surface area (Å²) in [5.74, 6) is -2.19. The number of allylic oxidation sites excluding steroid dienone is 1. The Labute approximate surface area is 231 Å². The van der Waals surface area contributed by atoms with E-state index in [9.17, 15) is 14.4 Å². The molecule has 0 saturated heterocycles. The maximum absolute atomic E-state index is 13.3. The predicted octanol–water partition coefficient (Wildman–Crippen LogP) is 4.56. The molecule has 1 unspecified atom stereocenters. The number of esters is 3. The number of likely N-dealkylation sites (N-methyl/N-ethyl adjacent to an activating group) is 1. The van der Waals surface area contributed by atoms with Crippen LogP contribution in [-0.4, -0.2) is 50.8 Å². The molecule has 38 heavy (non-hydrogen) atoms. The van der Waals surface area contributed by atoms with E-state index in [-0.39, 0.29) is 31.7 Å². The van der Waals surface area contributed by atoms with Gasteiger partial charge in [-0.2, -0.15) is 0 Å². The smallest absolute Gasteiger partial charge is 0.336 e. The summed E-state index contributed by atoms with van der Waals surface area (Å²) in [5, 5.41) is 6.29. The average molecular weight is 547 g/mol. The average Bonchev–Trinajstić information content (AvgIpc) is 2.88. The minimum absolute atomic E-state index is 0. The van der Waals surface area contributed by atoms with Crippen LogP contribution in [0.4, 0.5) is 0 Å². The largest absolute Gasteiger partial charge is 0.463 e. The molecule has 1 saturated carbocycles. The molecule has 0 amide bonds. The molecule has 0 bridgehead atoms. The molecule has 9 heteroatoms. The van der Waals surface area contributed by atoms with E-state index in [2.05, 4.69) is 10.6 Å². The minimum Gasteiger partial charge on any atom is -0.463 e. The van der Waals surface area contributed by atoms with Crippen LogP contribution < -0.4 is 10.6 Å². The Morgan fingerprint density at radius 1 is 1.00 bits per heavy atom. The van der Waals surface area contributed by atoms with Crippen LogP contribution >= 0.6 is 12.4 Å². The van der Waals surface area contributed by atoms with Crippen LogP contribution in [0.2, 0.25) is 0 Å². The van der Waals surface area contributed by atoms with Gasteiger partial charge >= 0.3 is 17.9 Å². The van der Waals surface area contributed by atoms with Crippen molar-refractivity contribution in [2.24, 2.45) is 0 Å². The number of carbonyl (C=O) groups excluding carboxylic acids is 3. The van der Waals surface area contributed by atoms with Gasteiger partial charge in [0.15, 0.2) is 0 Å². The quantitative estimate of drug-likeness (QED) is 0.250. The highest BCUT2D eigenvalue weighted by atomic mass is 35.5. The molecule has 1 fully saturated rings. The Morgan fingerprint density at radius 3 is 2.26 bits per heavy atom. The molecule has 0 aromatic heterocycles. The maximum Gasteiger partial charge on any atom is 0.336 e. The van der Waals surface area contributed by atoms with E-state index < -0.39 is 23.8 Å². The second-order valence-electron chi connectivity index (χ2n) is 9.12. The van der Waals surface area contributed by atoms with Gasteiger partial charge in [-0.05, 0) is 70.7 Å². The first kappa shape index (κ1) is 31.1. The minimum atomic E-state index is -0.752. The molecule has 1 aromatic carbocycles. The molecule has 1 aromatic rings. The van der Waals surface area contributed by atoms with Gasteiger partial charge in [-0.3, -0.25) is 0 Å². The third kappa shape index (κ3) is 7.71. The van der Waals surface area contributed by atoms with Crippen molar-refractivity contribution in [1.29, 1.82) is 0 Å². The van der Waals surface area contributed by atoms with Gasteiger partial charge in [-0.25, -0.2) is 14.4 Å². The molecular weight excluding hydrogens is 508 g/mol. The van der Waals surface area contributed by atoms with E-state index in [4.69, 9.17) is 14.2 Å². The Bertz CT molecular complexity index is 1090. The summed E-state index contributed by atoms with van der Waals surface area (Å²) < 4.78 is 16.5. The van der Waals surface area contributed by atoms with Crippen LogP contribution in [0.25, 0.3) is 6.08 Å². The Morgan fingerprint density at radius 2 is 1.63 bits per heavy atom. The summed E-state index contributed by atoms with van der Waals surface area (Å²) in [5.41, 5.74) is 3.25. The zero-order valence-corrected chi connectivity index (χ0v) is 23.4. The van der Waals surface area contributed by atoms with E-state index in [1.165, 1.54) is 12.5 Å². The zero-order valence-electron chi connectivity index (χ0n) is 22.6. The predicted molar refractivity (Wildman–Crippen MR) is 148 cm³/mol. The number of hydrogen-bond donors (Lipinski definition) is 2. The van der Waals surface area contributed by atoms with Crippen molar-refractivity contribution in [3.8, 4) is 0 Å². The van der Waals surface area contributed by atoms with E-state index in [0.29, 0.717) is 40.2 Å². The van der Waals surface area contributed by atoms with Crippen molar-refractivity contribution in [3.63, 3.8) is 0 Å². The van der Waals surface area contributed by atoms with Crippen LogP contribution in [-0.2, 0) is 28.6 Å². The van der Waals surface area contributed by atoms with Crippen molar-refractivity contribution < 1.29 is 28.6 Å². The van der Waals surface area contributed by atoms with Crippen LogP contribution in [0.5, 0.6) is 0 Å². The lowest BCUT2D eigenvalue weighted by Gasteiger charge is -2.32. The van der Waals surface area contributed by atoms with Gasteiger partial charge in [0.25, 0.3) is 0 Å². The second kappa shape index (κ2) is 15.3. The van der Waals surface area contributed by atoms with Gasteiger partial charge in [-0.1, -0.05) is 30.7 Å². The van der Waals surface area contributed by atoms with Crippen molar-refractivity contribution >= 4 is 36.4 Å². The number of hydrogen-bond acceptors (Lipinski definition) is 8. The maximum atomic E-state index is 13.3. The first-order valence-corrected chi connectivity index (χ1v) is 13.1. The summed E-state index contributed by atoms with van der Waals surface area (Å²) in [6.07, 6.45) is 8.14. The molecule has 3 rings (SSSR count). The van der Waals surface area contributed by atoms with E-state index in [0.717, 1.165) is 25.7 Å². The molecule has 1 aliphatic heterocycles. The molecule has 1 aliphatic carbocycles. The van der Waals surface area contributed by atoms with Crippen molar-refractivity contribution in [1.82, 2.24) is 10.6 Å². The first-order valence-electron chi connectivity index (χ1n) is 13.1. The second-order valence-corrected chi connectivity index (χ2v) is 9.12. The van der Waals surface area contributed by atoms with Crippen molar-refractivity contribution in [3.05, 3.63) is 64.0 Å². The van der Waals surface area contributed by atoms with Crippen molar-refractivity contribution in [2.75, 3.05) is 26.8 Å². The Hall–Kier alpha value is -3.10. The summed E-state index contributed by atoms with van der Waals surface area (Å²) in [6, 6.07) is 7.39. The molecule has 2 aliphatic rings. The normalized spacial score (nSPS) is 18.1. The van der Waals surface area contributed by atoms with Crippen LogP contribution in [0, 0.1) is 0 Å². The van der Waals surface area contributed by atoms with Gasteiger partial charge in [0.05, 0.1) is 30.3 Å². The molecule has 1 heterocycles. The molecule has 1 atom stereocenters. The fraction of sp³-hybridized carbons (Fsp3) is 0.483. The summed E-state index contributed by atoms with van der Waals surface area (Å²) >= 11 is 0. The summed E-state index contributed by atoms with van der Waals surface area (Å²) in [4.78, 5) is 39.0. The van der Waals surface area contributed by atoms with Gasteiger partial charge in [-0.15, -0.1) is 12.4 Å². The van der Waals surface area contributed by atoms with Gasteiger partial charge in [0.2, 0.25) is 0 Å². The van der Waals surface area contributed by atoms with Crippen LogP contribution in [0.15, 0.2) is 52.9 Å². The van der Waals surface area contributed by atoms with Crippen molar-refractivity contribution in [2.45, 2.75) is 64.9 Å². The summed E-state index contributed by atoms with van der Waals surface area (Å²) in [7, 11) is 1.78. The number of carbonyl (C=O) groups is 3. The van der Waals surface area contributed by atoms with E-state index in [1.54, 1.807) is 33.9 Å². The first-order chi connectivity index (χ1) is 17.9. The molecule has 2 N–H and O–H groups in total. The monoisotopic (exact) mass is 546 g/mol. The highest BCUT2D eigenvalue weighted by Crippen LogP contribution is 2.41. The highest BCUT2D eigenvalue weighted by molar-refractivity contribution is 6.00. The topological polar surface area (TPSA) is 103 Å². The molecular formula is C29H39ClN2O6. The number of dihydropyridines is 1. The van der Waals surface area contributed by atoms with E-state index >= 15 is 0 Å². The van der Waals surface area contributed by atoms with Gasteiger partial charge in [0, 0.05) is 24.0 Å². The highest BCUT2D eigenvalue weighted by Gasteiger charge is 2.39. The molecule has 0 radical (unpaired) electrons. The van der Waals surface area contributed by atoms with Crippen LogP contribution in [0.3, 0.4) is 0 Å². The van der Waals surface area contributed by atoms with E-state index in [1.807, 2.05) is 24.3 Å². The SMILES string of the molecule is CCOC(=O)C1=C(C)NC(CNC)=C(C(=O)OCC)C1c1ccccc1C=CC(=O)OC1CCCCC1.Cl. The number of benzene rings is 1. The molecule has 8 nitrogen and oxygen atoms in total. The fourth-order valence-corrected chi connectivity index (χ4v) is 4.92.